The molecule has 0 spiro atoms. The first-order chi connectivity index (χ1) is 6.62. The summed E-state index contributed by atoms with van der Waals surface area (Å²) in [5.41, 5.74) is 1.34. The molecule has 2 fully saturated rings. The quantitative estimate of drug-likeness (QED) is 0.617. The highest BCUT2D eigenvalue weighted by Gasteiger charge is 2.43. The third-order valence-corrected chi connectivity index (χ3v) is 5.20. The van der Waals surface area contributed by atoms with E-state index in [1.807, 2.05) is 0 Å². The SMILES string of the molecule is C=C(C)C1CCC2(C)SCCOC2C1. The minimum absolute atomic E-state index is 0.393. The molecule has 2 aliphatic rings. The topological polar surface area (TPSA) is 9.23 Å². The number of allylic oxidation sites excluding steroid dienone is 1. The Morgan fingerprint density at radius 2 is 2.36 bits per heavy atom. The summed E-state index contributed by atoms with van der Waals surface area (Å²) in [6, 6.07) is 0. The molecule has 0 radical (unpaired) electrons. The second-order valence-electron chi connectivity index (χ2n) is 4.84. The first kappa shape index (κ1) is 10.6. The van der Waals surface area contributed by atoms with Crippen molar-refractivity contribution < 1.29 is 4.74 Å². The second-order valence-corrected chi connectivity index (χ2v) is 6.47. The predicted molar refractivity (Wildman–Crippen MR) is 62.8 cm³/mol. The van der Waals surface area contributed by atoms with Gasteiger partial charge < -0.3 is 4.74 Å². The van der Waals surface area contributed by atoms with Crippen LogP contribution in [0.15, 0.2) is 12.2 Å². The molecule has 0 amide bonds. The first-order valence-corrected chi connectivity index (χ1v) is 6.51. The van der Waals surface area contributed by atoms with Crippen molar-refractivity contribution in [3.8, 4) is 0 Å². The van der Waals surface area contributed by atoms with Crippen LogP contribution in [-0.2, 0) is 4.74 Å². The molecule has 1 saturated carbocycles. The maximum atomic E-state index is 5.90. The molecule has 1 saturated heterocycles. The van der Waals surface area contributed by atoms with E-state index < -0.39 is 0 Å². The molecule has 1 nitrogen and oxygen atoms in total. The third kappa shape index (κ3) is 1.87. The summed E-state index contributed by atoms with van der Waals surface area (Å²) in [4.78, 5) is 0. The van der Waals surface area contributed by atoms with E-state index in [0.717, 1.165) is 6.61 Å². The molecular weight excluding hydrogens is 192 g/mol. The summed E-state index contributed by atoms with van der Waals surface area (Å²) in [6.45, 7) is 9.54. The van der Waals surface area contributed by atoms with Gasteiger partial charge in [-0.05, 0) is 39.0 Å². The van der Waals surface area contributed by atoms with Gasteiger partial charge in [0.15, 0.2) is 0 Å². The van der Waals surface area contributed by atoms with Crippen LogP contribution in [0.1, 0.15) is 33.1 Å². The van der Waals surface area contributed by atoms with Gasteiger partial charge in [0.2, 0.25) is 0 Å². The van der Waals surface area contributed by atoms with Crippen molar-refractivity contribution in [1.82, 2.24) is 0 Å². The molecule has 2 rings (SSSR count). The van der Waals surface area contributed by atoms with E-state index in [-0.39, 0.29) is 0 Å². The molecule has 1 aliphatic carbocycles. The Bertz CT molecular complexity index is 238. The summed E-state index contributed by atoms with van der Waals surface area (Å²) >= 11 is 2.11. The molecule has 2 heteroatoms. The molecule has 0 aromatic carbocycles. The summed E-state index contributed by atoms with van der Waals surface area (Å²) < 4.78 is 6.30. The van der Waals surface area contributed by atoms with Gasteiger partial charge >= 0.3 is 0 Å². The Hall–Kier alpha value is 0.0500. The third-order valence-electron chi connectivity index (χ3n) is 3.70. The smallest absolute Gasteiger partial charge is 0.0725 e. The van der Waals surface area contributed by atoms with Gasteiger partial charge in [0, 0.05) is 10.5 Å². The van der Waals surface area contributed by atoms with Gasteiger partial charge in [0.25, 0.3) is 0 Å². The van der Waals surface area contributed by atoms with E-state index in [4.69, 9.17) is 4.74 Å². The van der Waals surface area contributed by atoms with Crippen molar-refractivity contribution >= 4 is 11.8 Å². The molecule has 0 aromatic rings. The zero-order chi connectivity index (χ0) is 10.2. The van der Waals surface area contributed by atoms with E-state index in [1.54, 1.807) is 0 Å². The fraction of sp³-hybridized carbons (Fsp3) is 0.833. The van der Waals surface area contributed by atoms with Gasteiger partial charge in [0.1, 0.15) is 0 Å². The van der Waals surface area contributed by atoms with E-state index in [1.165, 1.54) is 30.6 Å². The fourth-order valence-corrected chi connectivity index (χ4v) is 3.83. The van der Waals surface area contributed by atoms with Gasteiger partial charge in [-0.3, -0.25) is 0 Å². The van der Waals surface area contributed by atoms with Gasteiger partial charge in [-0.15, -0.1) is 0 Å². The molecule has 3 atom stereocenters. The number of hydrogen-bond acceptors (Lipinski definition) is 2. The van der Waals surface area contributed by atoms with Gasteiger partial charge in [-0.25, -0.2) is 0 Å². The zero-order valence-corrected chi connectivity index (χ0v) is 10.0. The van der Waals surface area contributed by atoms with Crippen molar-refractivity contribution in [3.05, 3.63) is 12.2 Å². The van der Waals surface area contributed by atoms with Crippen LogP contribution in [0.5, 0.6) is 0 Å². The van der Waals surface area contributed by atoms with Gasteiger partial charge in [0.05, 0.1) is 12.7 Å². The van der Waals surface area contributed by atoms with Gasteiger partial charge in [-0.2, -0.15) is 11.8 Å². The molecule has 0 aromatic heterocycles. The summed E-state index contributed by atoms with van der Waals surface area (Å²) in [6.07, 6.45) is 4.26. The molecule has 80 valence electrons. The van der Waals surface area contributed by atoms with E-state index in [9.17, 15) is 0 Å². The van der Waals surface area contributed by atoms with Crippen molar-refractivity contribution in [2.45, 2.75) is 44.0 Å². The molecule has 1 aliphatic heterocycles. The highest BCUT2D eigenvalue weighted by Crippen LogP contribution is 2.46. The lowest BCUT2D eigenvalue weighted by Gasteiger charge is -2.46. The molecule has 0 bridgehead atoms. The lowest BCUT2D eigenvalue weighted by atomic mass is 9.77. The highest BCUT2D eigenvalue weighted by atomic mass is 32.2. The van der Waals surface area contributed by atoms with Crippen LogP contribution in [0.4, 0.5) is 0 Å². The second kappa shape index (κ2) is 3.90. The number of thioether (sulfide) groups is 1. The van der Waals surface area contributed by atoms with Crippen molar-refractivity contribution in [1.29, 1.82) is 0 Å². The molecule has 3 unspecified atom stereocenters. The molecule has 1 heterocycles. The Kier molecular flexibility index (Phi) is 2.94. The summed E-state index contributed by atoms with van der Waals surface area (Å²) in [5, 5.41) is 0. The Morgan fingerprint density at radius 3 is 3.07 bits per heavy atom. The number of hydrogen-bond donors (Lipinski definition) is 0. The lowest BCUT2D eigenvalue weighted by Crippen LogP contribution is -2.47. The largest absolute Gasteiger partial charge is 0.376 e. The average molecular weight is 212 g/mol. The van der Waals surface area contributed by atoms with Crippen LogP contribution >= 0.6 is 11.8 Å². The Labute approximate surface area is 91.3 Å². The van der Waals surface area contributed by atoms with Crippen molar-refractivity contribution in [2.75, 3.05) is 12.4 Å². The fourth-order valence-electron chi connectivity index (χ4n) is 2.57. The maximum Gasteiger partial charge on any atom is 0.0725 e. The molecular formula is C12H20OS. The molecule has 0 N–H and O–H groups in total. The standard InChI is InChI=1S/C12H20OS/c1-9(2)10-4-5-12(3)11(8-10)13-6-7-14-12/h10-11H,1,4-8H2,2-3H3. The van der Waals surface area contributed by atoms with Crippen LogP contribution in [0.3, 0.4) is 0 Å². The average Bonchev–Trinajstić information content (AvgIpc) is 2.16. The van der Waals surface area contributed by atoms with E-state index >= 15 is 0 Å². The number of fused-ring (bicyclic) bond motifs is 1. The summed E-state index contributed by atoms with van der Waals surface area (Å²) in [5.74, 6) is 1.87. The zero-order valence-electron chi connectivity index (χ0n) is 9.21. The summed E-state index contributed by atoms with van der Waals surface area (Å²) in [7, 11) is 0. The predicted octanol–water partition coefficient (Wildman–Crippen LogP) is 3.25. The Morgan fingerprint density at radius 1 is 1.57 bits per heavy atom. The Balaban J connectivity index is 2.05. The monoisotopic (exact) mass is 212 g/mol. The van der Waals surface area contributed by atoms with E-state index in [0.29, 0.717) is 16.8 Å². The minimum Gasteiger partial charge on any atom is -0.376 e. The maximum absolute atomic E-state index is 5.90. The number of rotatable bonds is 1. The molecule has 14 heavy (non-hydrogen) atoms. The number of ether oxygens (including phenoxy) is 1. The van der Waals surface area contributed by atoms with Crippen molar-refractivity contribution in [3.63, 3.8) is 0 Å². The van der Waals surface area contributed by atoms with E-state index in [2.05, 4.69) is 32.2 Å². The van der Waals surface area contributed by atoms with Crippen LogP contribution < -0.4 is 0 Å². The first-order valence-electron chi connectivity index (χ1n) is 5.53. The van der Waals surface area contributed by atoms with Crippen LogP contribution in [0.2, 0.25) is 0 Å². The van der Waals surface area contributed by atoms with Gasteiger partial charge in [-0.1, -0.05) is 12.2 Å². The lowest BCUT2D eigenvalue weighted by molar-refractivity contribution is -0.00220. The highest BCUT2D eigenvalue weighted by molar-refractivity contribution is 8.00. The van der Waals surface area contributed by atoms with Crippen LogP contribution in [0, 0.1) is 5.92 Å². The van der Waals surface area contributed by atoms with Crippen molar-refractivity contribution in [2.24, 2.45) is 5.92 Å². The van der Waals surface area contributed by atoms with Crippen LogP contribution in [-0.4, -0.2) is 23.2 Å². The van der Waals surface area contributed by atoms with Crippen LogP contribution in [0.25, 0.3) is 0 Å². The minimum atomic E-state index is 0.393. The normalized spacial score (nSPS) is 43.0.